The Labute approximate surface area is 105 Å². The van der Waals surface area contributed by atoms with Gasteiger partial charge < -0.3 is 10.3 Å². The third kappa shape index (κ3) is 2.37. The molecule has 6 heteroatoms. The summed E-state index contributed by atoms with van der Waals surface area (Å²) in [7, 11) is 0. The number of nitrogens with zero attached hydrogens (tertiary/aromatic N) is 2. The van der Waals surface area contributed by atoms with E-state index in [0.29, 0.717) is 11.7 Å². The molecule has 0 amide bonds. The first-order valence-corrected chi connectivity index (χ1v) is 6.30. The Hall–Kier alpha value is -0.470. The molecule has 2 N–H and O–H groups in total. The van der Waals surface area contributed by atoms with E-state index in [1.165, 1.54) is 2.88 Å². The predicted molar refractivity (Wildman–Crippen MR) is 67.5 cm³/mol. The molecule has 0 fully saturated rings. The molecule has 80 valence electrons. The first kappa shape index (κ1) is 11.0. The maximum atomic E-state index is 5.87. The van der Waals surface area contributed by atoms with Gasteiger partial charge in [0, 0.05) is 5.38 Å². The molecule has 0 atom stereocenters. The maximum absolute atomic E-state index is 5.87. The molecule has 0 aromatic carbocycles. The zero-order valence-electron chi connectivity index (χ0n) is 8.32. The van der Waals surface area contributed by atoms with Crippen LogP contribution >= 0.6 is 33.9 Å². The largest absolute Gasteiger partial charge is 0.334 e. The van der Waals surface area contributed by atoms with Crippen LogP contribution in [0.25, 0.3) is 11.5 Å². The molecule has 0 aliphatic heterocycles. The van der Waals surface area contributed by atoms with Crippen molar-refractivity contribution in [3.8, 4) is 11.5 Å². The van der Waals surface area contributed by atoms with Crippen LogP contribution in [-0.4, -0.2) is 10.1 Å². The first-order chi connectivity index (χ1) is 6.97. The summed E-state index contributed by atoms with van der Waals surface area (Å²) in [6.45, 7) is 3.69. The van der Waals surface area contributed by atoms with E-state index in [0.717, 1.165) is 5.56 Å². The van der Waals surface area contributed by atoms with Gasteiger partial charge in [0.25, 0.3) is 5.89 Å². The number of nitrogens with two attached hydrogens (primary N) is 1. The number of rotatable bonds is 2. The van der Waals surface area contributed by atoms with Crippen molar-refractivity contribution in [2.75, 3.05) is 0 Å². The van der Waals surface area contributed by atoms with E-state index in [4.69, 9.17) is 10.3 Å². The summed E-state index contributed by atoms with van der Waals surface area (Å²) < 4.78 is 6.34. The molecule has 4 nitrogen and oxygen atoms in total. The molecule has 0 saturated heterocycles. The van der Waals surface area contributed by atoms with E-state index >= 15 is 0 Å². The van der Waals surface area contributed by atoms with E-state index in [9.17, 15) is 0 Å². The standard InChI is InChI=1S/C9H10IN3OS/c1-9(2,11)8-12-7(14-13-8)5-3-6(10)15-4-5/h3-4H,11H2,1-2H3. The van der Waals surface area contributed by atoms with Crippen LogP contribution in [0.4, 0.5) is 0 Å². The lowest BCUT2D eigenvalue weighted by Crippen LogP contribution is -2.30. The molecule has 0 spiro atoms. The molecule has 2 aromatic rings. The van der Waals surface area contributed by atoms with Crippen molar-refractivity contribution >= 4 is 33.9 Å². The Balaban J connectivity index is 2.36. The lowest BCUT2D eigenvalue weighted by molar-refractivity contribution is 0.397. The zero-order valence-corrected chi connectivity index (χ0v) is 11.3. The van der Waals surface area contributed by atoms with E-state index in [2.05, 4.69) is 32.7 Å². The summed E-state index contributed by atoms with van der Waals surface area (Å²) in [6.07, 6.45) is 0. The molecule has 2 heterocycles. The monoisotopic (exact) mass is 335 g/mol. The van der Waals surface area contributed by atoms with Crippen molar-refractivity contribution in [3.63, 3.8) is 0 Å². The molecule has 0 bridgehead atoms. The van der Waals surface area contributed by atoms with E-state index in [1.807, 2.05) is 25.3 Å². The molecule has 0 saturated carbocycles. The Kier molecular flexibility index (Phi) is 2.82. The Morgan fingerprint density at radius 1 is 1.53 bits per heavy atom. The predicted octanol–water partition coefficient (Wildman–Crippen LogP) is 2.60. The quantitative estimate of drug-likeness (QED) is 0.857. The molecule has 0 aliphatic rings. The van der Waals surface area contributed by atoms with Crippen molar-refractivity contribution in [3.05, 3.63) is 20.2 Å². The van der Waals surface area contributed by atoms with E-state index in [1.54, 1.807) is 11.3 Å². The maximum Gasteiger partial charge on any atom is 0.258 e. The van der Waals surface area contributed by atoms with Crippen LogP contribution in [0.15, 0.2) is 16.0 Å². The second kappa shape index (κ2) is 3.84. The van der Waals surface area contributed by atoms with Crippen molar-refractivity contribution in [2.24, 2.45) is 5.73 Å². The van der Waals surface area contributed by atoms with Gasteiger partial charge in [0.2, 0.25) is 0 Å². The average Bonchev–Trinajstić information content (AvgIpc) is 2.69. The molecule has 0 unspecified atom stereocenters. The third-order valence-electron chi connectivity index (χ3n) is 1.82. The highest BCUT2D eigenvalue weighted by Gasteiger charge is 2.22. The van der Waals surface area contributed by atoms with Crippen LogP contribution in [0.5, 0.6) is 0 Å². The van der Waals surface area contributed by atoms with Crippen molar-refractivity contribution in [2.45, 2.75) is 19.4 Å². The molecule has 2 rings (SSSR count). The second-order valence-corrected chi connectivity index (χ2v) is 6.59. The number of thiophene rings is 1. The minimum Gasteiger partial charge on any atom is -0.334 e. The highest BCUT2D eigenvalue weighted by atomic mass is 127. The van der Waals surface area contributed by atoms with E-state index in [-0.39, 0.29) is 0 Å². The van der Waals surface area contributed by atoms with Gasteiger partial charge in [0.15, 0.2) is 5.82 Å². The minimum atomic E-state index is -0.565. The highest BCUT2D eigenvalue weighted by molar-refractivity contribution is 14.1. The molecule has 0 radical (unpaired) electrons. The van der Waals surface area contributed by atoms with Crippen LogP contribution in [0.3, 0.4) is 0 Å². The van der Waals surface area contributed by atoms with E-state index < -0.39 is 5.54 Å². The van der Waals surface area contributed by atoms with Gasteiger partial charge in [0.1, 0.15) is 0 Å². The number of hydrogen-bond acceptors (Lipinski definition) is 5. The molecular weight excluding hydrogens is 325 g/mol. The van der Waals surface area contributed by atoms with Gasteiger partial charge in [-0.25, -0.2) is 0 Å². The Bertz CT molecular complexity index is 472. The summed E-state index contributed by atoms with van der Waals surface area (Å²) in [5.74, 6) is 1.06. The Morgan fingerprint density at radius 3 is 2.73 bits per heavy atom. The topological polar surface area (TPSA) is 64.9 Å². The normalized spacial score (nSPS) is 12.0. The van der Waals surface area contributed by atoms with Gasteiger partial charge in [0.05, 0.1) is 14.0 Å². The van der Waals surface area contributed by atoms with Gasteiger partial charge in [-0.05, 0) is 42.5 Å². The summed E-state index contributed by atoms with van der Waals surface area (Å²) in [6, 6.07) is 2.01. The van der Waals surface area contributed by atoms with Gasteiger partial charge >= 0.3 is 0 Å². The molecule has 0 aliphatic carbocycles. The van der Waals surface area contributed by atoms with Gasteiger partial charge in [-0.3, -0.25) is 0 Å². The van der Waals surface area contributed by atoms with Crippen molar-refractivity contribution in [1.29, 1.82) is 0 Å². The lowest BCUT2D eigenvalue weighted by atomic mass is 10.1. The van der Waals surface area contributed by atoms with Crippen LogP contribution in [0, 0.1) is 2.88 Å². The van der Waals surface area contributed by atoms with Gasteiger partial charge in [-0.15, -0.1) is 11.3 Å². The van der Waals surface area contributed by atoms with Crippen LogP contribution in [-0.2, 0) is 5.54 Å². The summed E-state index contributed by atoms with van der Waals surface area (Å²) in [5.41, 5.74) is 6.26. The van der Waals surface area contributed by atoms with Crippen LogP contribution in [0.2, 0.25) is 0 Å². The fourth-order valence-corrected chi connectivity index (χ4v) is 2.34. The number of halogens is 1. The summed E-state index contributed by atoms with van der Waals surface area (Å²) >= 11 is 3.90. The number of hydrogen-bond donors (Lipinski definition) is 1. The Morgan fingerprint density at radius 2 is 2.27 bits per heavy atom. The smallest absolute Gasteiger partial charge is 0.258 e. The summed E-state index contributed by atoms with van der Waals surface area (Å²) in [5, 5.41) is 5.85. The molecular formula is C9H10IN3OS. The van der Waals surface area contributed by atoms with Crippen molar-refractivity contribution in [1.82, 2.24) is 10.1 Å². The third-order valence-corrected chi connectivity index (χ3v) is 3.61. The molecule has 2 aromatic heterocycles. The lowest BCUT2D eigenvalue weighted by Gasteiger charge is -2.11. The number of aromatic nitrogens is 2. The fourth-order valence-electron chi connectivity index (χ4n) is 1.02. The minimum absolute atomic E-state index is 0.527. The van der Waals surface area contributed by atoms with Crippen LogP contribution < -0.4 is 5.73 Å². The van der Waals surface area contributed by atoms with Gasteiger partial charge in [-0.2, -0.15) is 4.98 Å². The molecule has 15 heavy (non-hydrogen) atoms. The fraction of sp³-hybridized carbons (Fsp3) is 0.333. The van der Waals surface area contributed by atoms with Crippen molar-refractivity contribution < 1.29 is 4.52 Å². The first-order valence-electron chi connectivity index (χ1n) is 4.34. The summed E-state index contributed by atoms with van der Waals surface area (Å²) in [4.78, 5) is 4.27. The highest BCUT2D eigenvalue weighted by Crippen LogP contribution is 2.26. The van der Waals surface area contributed by atoms with Gasteiger partial charge in [-0.1, -0.05) is 5.16 Å². The van der Waals surface area contributed by atoms with Crippen LogP contribution in [0.1, 0.15) is 19.7 Å². The SMILES string of the molecule is CC(C)(N)c1noc(-c2csc(I)c2)n1. The average molecular weight is 335 g/mol. The zero-order chi connectivity index (χ0) is 11.1. The second-order valence-electron chi connectivity index (χ2n) is 3.78.